The van der Waals surface area contributed by atoms with Crippen molar-refractivity contribution in [3.05, 3.63) is 32.6 Å². The summed E-state index contributed by atoms with van der Waals surface area (Å²) >= 11 is 0. The van der Waals surface area contributed by atoms with Crippen molar-refractivity contribution in [2.45, 2.75) is 6.92 Å². The summed E-state index contributed by atoms with van der Waals surface area (Å²) in [5.41, 5.74) is -0.560. The highest BCUT2D eigenvalue weighted by molar-refractivity contribution is 6.01. The molecule has 2 heterocycles. The first-order chi connectivity index (χ1) is 8.06. The SMILES string of the molecule is CCOC(=O)c1c[nH]c2c(=O)n(C)c(=O)[nH]c12. The van der Waals surface area contributed by atoms with E-state index in [1.807, 2.05) is 0 Å². The maximum absolute atomic E-state index is 11.7. The van der Waals surface area contributed by atoms with Gasteiger partial charge in [0.05, 0.1) is 12.1 Å². The molecular weight excluding hydrogens is 226 g/mol. The van der Waals surface area contributed by atoms with Crippen molar-refractivity contribution in [1.82, 2.24) is 14.5 Å². The Hall–Kier alpha value is -2.31. The molecule has 0 saturated heterocycles. The number of H-pyrrole nitrogens is 2. The third-order valence-corrected chi connectivity index (χ3v) is 2.43. The number of carbonyl (C=O) groups excluding carboxylic acids is 1. The van der Waals surface area contributed by atoms with Gasteiger partial charge in [-0.2, -0.15) is 0 Å². The Labute approximate surface area is 95.0 Å². The number of esters is 1. The lowest BCUT2D eigenvalue weighted by atomic mass is 10.3. The molecule has 0 spiro atoms. The van der Waals surface area contributed by atoms with Gasteiger partial charge in [0.1, 0.15) is 11.1 Å². The second-order valence-electron chi connectivity index (χ2n) is 3.47. The highest BCUT2D eigenvalue weighted by Gasteiger charge is 2.16. The van der Waals surface area contributed by atoms with Crippen molar-refractivity contribution in [3.8, 4) is 0 Å². The molecular formula is C10H11N3O4. The monoisotopic (exact) mass is 237 g/mol. The van der Waals surface area contributed by atoms with Gasteiger partial charge in [-0.15, -0.1) is 0 Å². The van der Waals surface area contributed by atoms with Crippen LogP contribution in [0, 0.1) is 0 Å². The normalized spacial score (nSPS) is 10.7. The maximum atomic E-state index is 11.7. The van der Waals surface area contributed by atoms with Gasteiger partial charge in [0.2, 0.25) is 0 Å². The minimum atomic E-state index is -0.581. The lowest BCUT2D eigenvalue weighted by Crippen LogP contribution is -2.32. The number of hydrogen-bond donors (Lipinski definition) is 2. The number of nitrogens with zero attached hydrogens (tertiary/aromatic N) is 1. The number of rotatable bonds is 2. The van der Waals surface area contributed by atoms with E-state index in [4.69, 9.17) is 4.74 Å². The highest BCUT2D eigenvalue weighted by atomic mass is 16.5. The molecule has 0 aromatic carbocycles. The van der Waals surface area contributed by atoms with E-state index in [0.717, 1.165) is 4.57 Å². The summed E-state index contributed by atoms with van der Waals surface area (Å²) in [5, 5.41) is 0. The summed E-state index contributed by atoms with van der Waals surface area (Å²) in [4.78, 5) is 39.8. The highest BCUT2D eigenvalue weighted by Crippen LogP contribution is 2.11. The molecule has 0 aliphatic heterocycles. The summed E-state index contributed by atoms with van der Waals surface area (Å²) in [6.45, 7) is 1.90. The van der Waals surface area contributed by atoms with Crippen LogP contribution in [0.15, 0.2) is 15.8 Å². The van der Waals surface area contributed by atoms with Crippen LogP contribution in [0.1, 0.15) is 17.3 Å². The van der Waals surface area contributed by atoms with Gasteiger partial charge >= 0.3 is 11.7 Å². The fraction of sp³-hybridized carbons (Fsp3) is 0.300. The molecule has 17 heavy (non-hydrogen) atoms. The molecule has 7 nitrogen and oxygen atoms in total. The van der Waals surface area contributed by atoms with Crippen LogP contribution >= 0.6 is 0 Å². The first-order valence-corrected chi connectivity index (χ1v) is 5.03. The average molecular weight is 237 g/mol. The zero-order valence-electron chi connectivity index (χ0n) is 9.36. The number of aromatic amines is 2. The van der Waals surface area contributed by atoms with E-state index in [1.165, 1.54) is 13.2 Å². The number of aromatic nitrogens is 3. The molecule has 90 valence electrons. The van der Waals surface area contributed by atoms with E-state index in [1.54, 1.807) is 6.92 Å². The molecule has 2 aromatic heterocycles. The maximum Gasteiger partial charge on any atom is 0.341 e. The zero-order chi connectivity index (χ0) is 12.6. The molecule has 2 aromatic rings. The summed E-state index contributed by atoms with van der Waals surface area (Å²) in [5.74, 6) is -0.581. The van der Waals surface area contributed by atoms with E-state index in [-0.39, 0.29) is 23.2 Å². The van der Waals surface area contributed by atoms with Crippen molar-refractivity contribution >= 4 is 17.0 Å². The van der Waals surface area contributed by atoms with Crippen LogP contribution in [0.4, 0.5) is 0 Å². The average Bonchev–Trinajstić information content (AvgIpc) is 2.70. The molecule has 7 heteroatoms. The Morgan fingerprint density at radius 3 is 2.76 bits per heavy atom. The molecule has 2 N–H and O–H groups in total. The zero-order valence-corrected chi connectivity index (χ0v) is 9.36. The Bertz CT molecular complexity index is 692. The molecule has 0 bridgehead atoms. The van der Waals surface area contributed by atoms with Crippen LogP contribution in [0.2, 0.25) is 0 Å². The third-order valence-electron chi connectivity index (χ3n) is 2.43. The van der Waals surface area contributed by atoms with Gasteiger partial charge in [0.15, 0.2) is 0 Å². The largest absolute Gasteiger partial charge is 0.462 e. The van der Waals surface area contributed by atoms with Crippen LogP contribution < -0.4 is 11.2 Å². The topological polar surface area (TPSA) is 96.9 Å². The number of nitrogens with one attached hydrogen (secondary N) is 2. The summed E-state index contributed by atoms with van der Waals surface area (Å²) in [7, 11) is 1.35. The van der Waals surface area contributed by atoms with Crippen molar-refractivity contribution in [2.75, 3.05) is 6.61 Å². The standard InChI is InChI=1S/C10H11N3O4/c1-3-17-9(15)5-4-11-7-6(5)12-10(16)13(2)8(7)14/h4,11H,3H2,1-2H3,(H,12,16). The number of ether oxygens (including phenoxy) is 1. The van der Waals surface area contributed by atoms with E-state index in [2.05, 4.69) is 9.97 Å². The fourth-order valence-electron chi connectivity index (χ4n) is 1.54. The van der Waals surface area contributed by atoms with Crippen LogP contribution in [-0.4, -0.2) is 27.1 Å². The molecule has 0 aliphatic rings. The third kappa shape index (κ3) is 1.65. The van der Waals surface area contributed by atoms with Crippen LogP contribution in [0.5, 0.6) is 0 Å². The summed E-state index contributed by atoms with van der Waals surface area (Å²) in [6.07, 6.45) is 1.35. The number of fused-ring (bicyclic) bond motifs is 1. The molecule has 0 fully saturated rings. The van der Waals surface area contributed by atoms with Crippen LogP contribution in [-0.2, 0) is 11.8 Å². The summed E-state index contributed by atoms with van der Waals surface area (Å²) < 4.78 is 5.74. The van der Waals surface area contributed by atoms with Crippen molar-refractivity contribution in [2.24, 2.45) is 7.05 Å². The number of carbonyl (C=O) groups is 1. The Morgan fingerprint density at radius 2 is 2.12 bits per heavy atom. The van der Waals surface area contributed by atoms with Gasteiger partial charge in [-0.25, -0.2) is 9.59 Å². The molecule has 0 atom stereocenters. The molecule has 0 aliphatic carbocycles. The van der Waals surface area contributed by atoms with Gasteiger partial charge in [0.25, 0.3) is 5.56 Å². The van der Waals surface area contributed by atoms with Crippen molar-refractivity contribution < 1.29 is 9.53 Å². The van der Waals surface area contributed by atoms with E-state index < -0.39 is 17.2 Å². The predicted octanol–water partition coefficient (Wildman–Crippen LogP) is -0.268. The first-order valence-electron chi connectivity index (χ1n) is 5.03. The lowest BCUT2D eigenvalue weighted by molar-refractivity contribution is 0.0528. The predicted molar refractivity (Wildman–Crippen MR) is 60.1 cm³/mol. The molecule has 0 radical (unpaired) electrons. The van der Waals surface area contributed by atoms with Crippen molar-refractivity contribution in [3.63, 3.8) is 0 Å². The molecule has 0 unspecified atom stereocenters. The van der Waals surface area contributed by atoms with Gasteiger partial charge in [-0.3, -0.25) is 9.36 Å². The van der Waals surface area contributed by atoms with Crippen LogP contribution in [0.25, 0.3) is 11.0 Å². The van der Waals surface area contributed by atoms with Gasteiger partial charge in [0, 0.05) is 13.2 Å². The quantitative estimate of drug-likeness (QED) is 0.702. The fourth-order valence-corrected chi connectivity index (χ4v) is 1.54. The van der Waals surface area contributed by atoms with Gasteiger partial charge < -0.3 is 14.7 Å². The first kappa shape index (κ1) is 11.2. The molecule has 0 amide bonds. The molecule has 2 rings (SSSR count). The molecule has 0 saturated carbocycles. The summed E-state index contributed by atoms with van der Waals surface area (Å²) in [6, 6.07) is 0. The lowest BCUT2D eigenvalue weighted by Gasteiger charge is -2.00. The second kappa shape index (κ2) is 3.93. The Balaban J connectivity index is 2.74. The minimum absolute atomic E-state index is 0.150. The van der Waals surface area contributed by atoms with Gasteiger partial charge in [-0.05, 0) is 6.92 Å². The van der Waals surface area contributed by atoms with E-state index >= 15 is 0 Å². The van der Waals surface area contributed by atoms with Gasteiger partial charge in [-0.1, -0.05) is 0 Å². The Morgan fingerprint density at radius 1 is 1.41 bits per heavy atom. The second-order valence-corrected chi connectivity index (χ2v) is 3.47. The van der Waals surface area contributed by atoms with Crippen molar-refractivity contribution in [1.29, 1.82) is 0 Å². The Kier molecular flexibility index (Phi) is 2.58. The smallest absolute Gasteiger partial charge is 0.341 e. The van der Waals surface area contributed by atoms with Crippen LogP contribution in [0.3, 0.4) is 0 Å². The minimum Gasteiger partial charge on any atom is -0.462 e. The number of hydrogen-bond acceptors (Lipinski definition) is 4. The van der Waals surface area contributed by atoms with E-state index in [9.17, 15) is 14.4 Å². The van der Waals surface area contributed by atoms with E-state index in [0.29, 0.717) is 0 Å².